The number of carbonyl (C=O) groups excluding carboxylic acids is 1. The van der Waals surface area contributed by atoms with Crippen molar-refractivity contribution in [2.24, 2.45) is 0 Å². The van der Waals surface area contributed by atoms with E-state index < -0.39 is 23.4 Å². The van der Waals surface area contributed by atoms with Gasteiger partial charge in [0.2, 0.25) is 0 Å². The number of amides is 1. The van der Waals surface area contributed by atoms with Gasteiger partial charge in [-0.1, -0.05) is 30.4 Å². The molecule has 1 aromatic carbocycles. The summed E-state index contributed by atoms with van der Waals surface area (Å²) < 4.78 is 44.8. The van der Waals surface area contributed by atoms with Gasteiger partial charge in [0.05, 0.1) is 5.56 Å². The fraction of sp³-hybridized carbons (Fsp3) is 0.529. The molecule has 0 spiro atoms. The Hall–Kier alpha value is -1.83. The first kappa shape index (κ1) is 19.5. The van der Waals surface area contributed by atoms with Gasteiger partial charge in [-0.05, 0) is 26.8 Å². The first-order valence-corrected chi connectivity index (χ1v) is 8.33. The molecule has 0 bridgehead atoms. The number of rotatable bonds is 1. The summed E-state index contributed by atoms with van der Waals surface area (Å²) in [6.45, 7) is 6.78. The number of nitrogens with zero attached hydrogens (tertiary/aromatic N) is 2. The molecule has 2 rings (SSSR count). The van der Waals surface area contributed by atoms with E-state index in [2.05, 4.69) is 0 Å². The van der Waals surface area contributed by atoms with E-state index in [1.807, 2.05) is 0 Å². The first-order chi connectivity index (χ1) is 11.5. The zero-order valence-electron chi connectivity index (χ0n) is 14.4. The lowest BCUT2D eigenvalue weighted by atomic mass is 10.1. The Morgan fingerprint density at radius 2 is 1.56 bits per heavy atom. The van der Waals surface area contributed by atoms with Crippen LogP contribution in [-0.4, -0.2) is 52.7 Å². The smallest absolute Gasteiger partial charge is 0.417 e. The largest absolute Gasteiger partial charge is 0.444 e. The average Bonchev–Trinajstić information content (AvgIpc) is 2.52. The molecule has 0 N–H and O–H groups in total. The summed E-state index contributed by atoms with van der Waals surface area (Å²) in [7, 11) is 0. The van der Waals surface area contributed by atoms with Crippen molar-refractivity contribution in [3.63, 3.8) is 0 Å². The van der Waals surface area contributed by atoms with E-state index in [-0.39, 0.29) is 10.6 Å². The highest BCUT2D eigenvalue weighted by Gasteiger charge is 2.35. The Bertz CT molecular complexity index is 648. The van der Waals surface area contributed by atoms with E-state index in [9.17, 15) is 18.0 Å². The van der Waals surface area contributed by atoms with Gasteiger partial charge >= 0.3 is 12.3 Å². The van der Waals surface area contributed by atoms with Gasteiger partial charge in [-0.3, -0.25) is 0 Å². The second kappa shape index (κ2) is 7.19. The van der Waals surface area contributed by atoms with E-state index in [0.717, 1.165) is 6.07 Å². The van der Waals surface area contributed by atoms with Crippen molar-refractivity contribution in [2.75, 3.05) is 26.2 Å². The summed E-state index contributed by atoms with van der Waals surface area (Å²) in [6, 6.07) is 5.28. The molecule has 0 unspecified atom stereocenters. The van der Waals surface area contributed by atoms with Gasteiger partial charge in [0.1, 0.15) is 10.6 Å². The topological polar surface area (TPSA) is 32.8 Å². The van der Waals surface area contributed by atoms with Gasteiger partial charge in [-0.2, -0.15) is 13.2 Å². The normalized spacial score (nSPS) is 15.9. The van der Waals surface area contributed by atoms with E-state index >= 15 is 0 Å². The number of halogens is 3. The second-order valence-corrected chi connectivity index (χ2v) is 7.19. The lowest BCUT2D eigenvalue weighted by Gasteiger charge is -2.37. The number of hydrogen-bond acceptors (Lipinski definition) is 3. The van der Waals surface area contributed by atoms with Crippen molar-refractivity contribution in [3.8, 4) is 0 Å². The molecule has 1 aliphatic heterocycles. The molecule has 1 fully saturated rings. The molecule has 138 valence electrons. The zero-order valence-corrected chi connectivity index (χ0v) is 15.2. The van der Waals surface area contributed by atoms with E-state index in [0.29, 0.717) is 26.2 Å². The number of benzene rings is 1. The van der Waals surface area contributed by atoms with Crippen molar-refractivity contribution in [1.82, 2.24) is 9.80 Å². The quantitative estimate of drug-likeness (QED) is 0.698. The highest BCUT2D eigenvalue weighted by molar-refractivity contribution is 7.80. The molecule has 1 saturated heterocycles. The number of alkyl halides is 3. The number of hydrogen-bond donors (Lipinski definition) is 0. The predicted octanol–water partition coefficient (Wildman–Crippen LogP) is 3.93. The molecule has 0 aromatic heterocycles. The van der Waals surface area contributed by atoms with Crippen molar-refractivity contribution in [3.05, 3.63) is 35.4 Å². The third-order valence-electron chi connectivity index (χ3n) is 3.68. The number of ether oxygens (including phenoxy) is 1. The highest BCUT2D eigenvalue weighted by atomic mass is 32.1. The summed E-state index contributed by atoms with van der Waals surface area (Å²) in [5.74, 6) is 0. The van der Waals surface area contributed by atoms with Gasteiger partial charge in [0, 0.05) is 31.7 Å². The minimum absolute atomic E-state index is 0.00396. The lowest BCUT2D eigenvalue weighted by molar-refractivity contribution is -0.137. The Morgan fingerprint density at radius 1 is 1.04 bits per heavy atom. The molecular formula is C17H21F3N2O2S. The Balaban J connectivity index is 2.04. The van der Waals surface area contributed by atoms with Crippen LogP contribution in [-0.2, 0) is 10.9 Å². The molecule has 0 radical (unpaired) electrons. The molecule has 1 aromatic rings. The number of piperazine rings is 1. The zero-order chi connectivity index (χ0) is 18.8. The maximum atomic E-state index is 13.2. The molecule has 0 aliphatic carbocycles. The van der Waals surface area contributed by atoms with Crippen LogP contribution in [0.2, 0.25) is 0 Å². The van der Waals surface area contributed by atoms with Crippen molar-refractivity contribution in [2.45, 2.75) is 32.5 Å². The van der Waals surface area contributed by atoms with Crippen LogP contribution in [0, 0.1) is 0 Å². The van der Waals surface area contributed by atoms with Crippen LogP contribution in [0.1, 0.15) is 31.9 Å². The number of carbonyl (C=O) groups is 1. The van der Waals surface area contributed by atoms with Crippen molar-refractivity contribution >= 4 is 23.3 Å². The first-order valence-electron chi connectivity index (χ1n) is 7.92. The van der Waals surface area contributed by atoms with Gasteiger partial charge in [0.15, 0.2) is 0 Å². The molecular weight excluding hydrogens is 353 g/mol. The van der Waals surface area contributed by atoms with Crippen LogP contribution < -0.4 is 0 Å². The maximum absolute atomic E-state index is 13.2. The summed E-state index contributed by atoms with van der Waals surface area (Å²) in [5.41, 5.74) is -1.33. The highest BCUT2D eigenvalue weighted by Crippen LogP contribution is 2.32. The van der Waals surface area contributed by atoms with Gasteiger partial charge in [-0.15, -0.1) is 0 Å². The summed E-state index contributed by atoms with van der Waals surface area (Å²) in [5, 5.41) is 0. The monoisotopic (exact) mass is 374 g/mol. The predicted molar refractivity (Wildman–Crippen MR) is 92.5 cm³/mol. The van der Waals surface area contributed by atoms with Gasteiger partial charge < -0.3 is 14.5 Å². The Morgan fingerprint density at radius 3 is 2.08 bits per heavy atom. The third kappa shape index (κ3) is 5.07. The van der Waals surface area contributed by atoms with Gasteiger partial charge in [0.25, 0.3) is 0 Å². The average molecular weight is 374 g/mol. The molecule has 1 heterocycles. The van der Waals surface area contributed by atoms with Crippen LogP contribution in [0.25, 0.3) is 0 Å². The fourth-order valence-corrected chi connectivity index (χ4v) is 2.87. The van der Waals surface area contributed by atoms with Crippen LogP contribution >= 0.6 is 12.2 Å². The Kier molecular flexibility index (Phi) is 5.61. The van der Waals surface area contributed by atoms with Crippen LogP contribution in [0.4, 0.5) is 18.0 Å². The molecule has 0 saturated carbocycles. The van der Waals surface area contributed by atoms with Crippen LogP contribution in [0.15, 0.2) is 24.3 Å². The van der Waals surface area contributed by atoms with Gasteiger partial charge in [-0.25, -0.2) is 4.79 Å². The molecule has 4 nitrogen and oxygen atoms in total. The molecule has 1 amide bonds. The summed E-state index contributed by atoms with van der Waals surface area (Å²) >= 11 is 5.28. The second-order valence-electron chi connectivity index (χ2n) is 6.80. The molecule has 8 heteroatoms. The number of thiocarbonyl (C=S) groups is 1. The fourth-order valence-electron chi connectivity index (χ4n) is 2.51. The maximum Gasteiger partial charge on any atom is 0.417 e. The molecule has 1 aliphatic rings. The summed E-state index contributed by atoms with van der Waals surface area (Å²) in [6.07, 6.45) is -4.88. The standard InChI is InChI=1S/C17H21F3N2O2S/c1-16(2,3)24-15(23)22-10-8-21(9-11-22)14(25)12-6-4-5-7-13(12)17(18,19)20/h4-7H,8-11H2,1-3H3. The minimum atomic E-state index is -4.46. The molecule has 0 atom stereocenters. The molecule has 25 heavy (non-hydrogen) atoms. The van der Waals surface area contributed by atoms with E-state index in [4.69, 9.17) is 17.0 Å². The SMILES string of the molecule is CC(C)(C)OC(=O)N1CCN(C(=S)c2ccccc2C(F)(F)F)CC1. The lowest BCUT2D eigenvalue weighted by Crippen LogP contribution is -2.51. The van der Waals surface area contributed by atoms with E-state index in [1.54, 1.807) is 30.6 Å². The van der Waals surface area contributed by atoms with Crippen molar-refractivity contribution < 1.29 is 22.7 Å². The van der Waals surface area contributed by atoms with Crippen LogP contribution in [0.5, 0.6) is 0 Å². The minimum Gasteiger partial charge on any atom is -0.444 e. The summed E-state index contributed by atoms with van der Waals surface area (Å²) in [4.78, 5) is 15.4. The third-order valence-corrected chi connectivity index (χ3v) is 4.16. The van der Waals surface area contributed by atoms with E-state index in [1.165, 1.54) is 18.2 Å². The Labute approximate surface area is 150 Å². The van der Waals surface area contributed by atoms with Crippen molar-refractivity contribution in [1.29, 1.82) is 0 Å². The van der Waals surface area contributed by atoms with Crippen LogP contribution in [0.3, 0.4) is 0 Å².